The average molecular weight is 499 g/mol. The molecule has 5 atom stereocenters. The number of nitrogens with two attached hydrogens (primary N) is 1. The number of hydrogen-bond acceptors (Lipinski definition) is 9. The van der Waals surface area contributed by atoms with Gasteiger partial charge in [-0.25, -0.2) is 15.0 Å². The van der Waals surface area contributed by atoms with E-state index in [1.807, 2.05) is 20.8 Å². The number of morpholine rings is 1. The summed E-state index contributed by atoms with van der Waals surface area (Å²) in [5, 5.41) is 0. The van der Waals surface area contributed by atoms with Crippen LogP contribution in [-0.4, -0.2) is 65.6 Å². The monoisotopic (exact) mass is 498 g/mol. The molecular formula is C20H31N6O5PS. The molecule has 0 spiro atoms. The third-order valence-electron chi connectivity index (χ3n) is 5.61. The van der Waals surface area contributed by atoms with E-state index in [4.69, 9.17) is 31.3 Å². The van der Waals surface area contributed by atoms with Crippen LogP contribution in [0.5, 0.6) is 0 Å². The molecule has 182 valence electrons. The van der Waals surface area contributed by atoms with Crippen LogP contribution in [0.4, 0.5) is 5.82 Å². The van der Waals surface area contributed by atoms with Gasteiger partial charge in [0.25, 0.3) is 5.91 Å². The third kappa shape index (κ3) is 4.28. The number of likely N-dealkylation sites (tertiary alicyclic amines) is 1. The van der Waals surface area contributed by atoms with E-state index in [-0.39, 0.29) is 17.1 Å². The predicted octanol–water partition coefficient (Wildman–Crippen LogP) is 2.37. The Bertz CT molecular complexity index is 1140. The third-order valence-corrected chi connectivity index (χ3v) is 7.37. The van der Waals surface area contributed by atoms with Crippen molar-refractivity contribution in [3.05, 3.63) is 12.7 Å². The molecule has 2 bridgehead atoms. The molecule has 0 aromatic carbocycles. The Kier molecular flexibility index (Phi) is 5.67. The standard InChI is InChI=1S/C20H31N6O5PS/c1-18(2,3)8-20-13(30-32(28,33)31-19(4,5)6)12(25(7)17(20)27)16(29-20)26-10-24-11-14(21)22-9-23-15(11)26/h9-10,12-13,16H,8H2,1-7H3,(H,28,33)(H2,21,22,23)/t12?,13?,16-,20-,32?/m1/s1. The quantitative estimate of drug-likeness (QED) is 0.591. The van der Waals surface area contributed by atoms with E-state index in [1.54, 1.807) is 43.6 Å². The number of imidazole rings is 1. The van der Waals surface area contributed by atoms with Gasteiger partial charge < -0.3 is 24.8 Å². The van der Waals surface area contributed by atoms with E-state index in [2.05, 4.69) is 15.0 Å². The zero-order chi connectivity index (χ0) is 24.6. The second kappa shape index (κ2) is 7.66. The Morgan fingerprint density at radius 1 is 1.27 bits per heavy atom. The van der Waals surface area contributed by atoms with Gasteiger partial charge in [0.2, 0.25) is 0 Å². The van der Waals surface area contributed by atoms with Crippen molar-refractivity contribution in [2.24, 2.45) is 5.41 Å². The van der Waals surface area contributed by atoms with Crippen LogP contribution < -0.4 is 5.73 Å². The van der Waals surface area contributed by atoms with Crippen molar-refractivity contribution in [2.75, 3.05) is 12.8 Å². The summed E-state index contributed by atoms with van der Waals surface area (Å²) in [6, 6.07) is -0.605. The van der Waals surface area contributed by atoms with E-state index >= 15 is 0 Å². The molecule has 3 unspecified atom stereocenters. The van der Waals surface area contributed by atoms with Crippen molar-refractivity contribution in [2.45, 2.75) is 77.5 Å². The number of aromatic nitrogens is 4. The van der Waals surface area contributed by atoms with Crippen molar-refractivity contribution in [1.29, 1.82) is 0 Å². The van der Waals surface area contributed by atoms with Crippen LogP contribution in [0.3, 0.4) is 0 Å². The highest BCUT2D eigenvalue weighted by Gasteiger charge is 2.71. The van der Waals surface area contributed by atoms with Gasteiger partial charge in [-0.1, -0.05) is 20.8 Å². The number of rotatable bonds is 5. The fraction of sp³-hybridized carbons (Fsp3) is 0.700. The summed E-state index contributed by atoms with van der Waals surface area (Å²) in [6.45, 7) is 7.65. The lowest BCUT2D eigenvalue weighted by atomic mass is 9.80. The summed E-state index contributed by atoms with van der Waals surface area (Å²) in [5.74, 6) is 0.0148. The summed E-state index contributed by atoms with van der Waals surface area (Å²) in [6.07, 6.45) is 1.69. The van der Waals surface area contributed by atoms with Crippen LogP contribution in [-0.2, 0) is 30.4 Å². The smallest absolute Gasteiger partial charge is 0.325 e. The van der Waals surface area contributed by atoms with Gasteiger partial charge in [0.05, 0.1) is 11.9 Å². The van der Waals surface area contributed by atoms with Crippen LogP contribution >= 0.6 is 6.72 Å². The molecule has 33 heavy (non-hydrogen) atoms. The van der Waals surface area contributed by atoms with Crippen LogP contribution in [0.1, 0.15) is 54.2 Å². The molecule has 1 amide bonds. The second-order valence-electron chi connectivity index (χ2n) is 10.8. The van der Waals surface area contributed by atoms with Gasteiger partial charge in [0.1, 0.15) is 24.0 Å². The van der Waals surface area contributed by atoms with Crippen molar-refractivity contribution in [3.63, 3.8) is 0 Å². The molecule has 3 N–H and O–H groups in total. The number of hydrogen-bond donors (Lipinski definition) is 2. The number of nitrogen functional groups attached to an aromatic ring is 1. The van der Waals surface area contributed by atoms with E-state index in [9.17, 15) is 9.69 Å². The molecule has 4 rings (SSSR count). The van der Waals surface area contributed by atoms with Gasteiger partial charge in [-0.3, -0.25) is 13.9 Å². The molecule has 0 radical (unpaired) electrons. The van der Waals surface area contributed by atoms with Gasteiger partial charge in [-0.15, -0.1) is 0 Å². The van der Waals surface area contributed by atoms with Crippen LogP contribution in [0.15, 0.2) is 12.7 Å². The van der Waals surface area contributed by atoms with E-state index in [1.165, 1.54) is 6.33 Å². The van der Waals surface area contributed by atoms with Gasteiger partial charge in [-0.2, -0.15) is 0 Å². The summed E-state index contributed by atoms with van der Waals surface area (Å²) in [4.78, 5) is 38.6. The molecule has 2 saturated heterocycles. The molecule has 0 saturated carbocycles. The minimum Gasteiger partial charge on any atom is -0.382 e. The minimum atomic E-state index is -3.71. The molecule has 4 heterocycles. The maximum Gasteiger partial charge on any atom is 0.325 e. The maximum absolute atomic E-state index is 13.5. The Labute approximate surface area is 197 Å². The van der Waals surface area contributed by atoms with Gasteiger partial charge in [0, 0.05) is 7.05 Å². The van der Waals surface area contributed by atoms with E-state index < -0.39 is 36.3 Å². The topological polar surface area (TPSA) is 138 Å². The number of likely N-dealkylation sites (N-methyl/N-ethyl adjacent to an activating group) is 1. The first kappa shape index (κ1) is 24.4. The van der Waals surface area contributed by atoms with Crippen molar-refractivity contribution in [3.8, 4) is 0 Å². The van der Waals surface area contributed by atoms with Crippen molar-refractivity contribution in [1.82, 2.24) is 24.4 Å². The Balaban J connectivity index is 1.81. The van der Waals surface area contributed by atoms with E-state index in [0.29, 0.717) is 17.6 Å². The number of ether oxygens (including phenoxy) is 1. The van der Waals surface area contributed by atoms with Crippen LogP contribution in [0.25, 0.3) is 11.2 Å². The molecule has 2 aromatic heterocycles. The zero-order valence-electron chi connectivity index (χ0n) is 19.8. The number of carbonyl (C=O) groups is 1. The molecule has 11 nitrogen and oxygen atoms in total. The van der Waals surface area contributed by atoms with Gasteiger partial charge >= 0.3 is 6.72 Å². The number of carbonyl (C=O) groups excluding carboxylic acids is 1. The van der Waals surface area contributed by atoms with Gasteiger partial charge in [-0.05, 0) is 44.4 Å². The Hall–Kier alpha value is -1.69. The molecular weight excluding hydrogens is 467 g/mol. The molecule has 2 aliphatic heterocycles. The first-order valence-electron chi connectivity index (χ1n) is 10.6. The normalized spacial score (nSPS) is 29.8. The Morgan fingerprint density at radius 3 is 2.55 bits per heavy atom. The highest BCUT2D eigenvalue weighted by Crippen LogP contribution is 2.59. The van der Waals surface area contributed by atoms with E-state index in [0.717, 1.165) is 0 Å². The van der Waals surface area contributed by atoms with Crippen molar-refractivity contribution >= 4 is 41.4 Å². The first-order valence-corrected chi connectivity index (χ1v) is 13.2. The van der Waals surface area contributed by atoms with Crippen LogP contribution in [0.2, 0.25) is 0 Å². The average Bonchev–Trinajstić information content (AvgIpc) is 3.22. The molecule has 13 heteroatoms. The second-order valence-corrected chi connectivity index (χ2v) is 13.5. The lowest BCUT2D eigenvalue weighted by molar-refractivity contribution is -0.179. The fourth-order valence-electron chi connectivity index (χ4n) is 4.72. The fourth-order valence-corrected chi connectivity index (χ4v) is 6.99. The zero-order valence-corrected chi connectivity index (χ0v) is 21.6. The summed E-state index contributed by atoms with van der Waals surface area (Å²) < 4.78 is 20.0. The molecule has 2 aliphatic rings. The number of fused-ring (bicyclic) bond motifs is 3. The highest BCUT2D eigenvalue weighted by molar-refractivity contribution is 8.07. The summed E-state index contributed by atoms with van der Waals surface area (Å²) in [5.41, 5.74) is 4.46. The van der Waals surface area contributed by atoms with Crippen molar-refractivity contribution < 1.29 is 23.5 Å². The predicted molar refractivity (Wildman–Crippen MR) is 125 cm³/mol. The highest BCUT2D eigenvalue weighted by atomic mass is 32.5. The van der Waals surface area contributed by atoms with Crippen LogP contribution in [0, 0.1) is 5.41 Å². The van der Waals surface area contributed by atoms with Gasteiger partial charge in [0.15, 0.2) is 23.3 Å². The first-order chi connectivity index (χ1) is 15.0. The lowest BCUT2D eigenvalue weighted by Crippen LogP contribution is -2.51. The number of anilines is 1. The molecule has 2 fully saturated rings. The largest absolute Gasteiger partial charge is 0.382 e. The Morgan fingerprint density at radius 2 is 1.94 bits per heavy atom. The maximum atomic E-state index is 13.5. The molecule has 2 aromatic rings. The lowest BCUT2D eigenvalue weighted by Gasteiger charge is -2.38. The molecule has 0 aliphatic carbocycles. The summed E-state index contributed by atoms with van der Waals surface area (Å²) in [7, 11) is 1.69. The summed E-state index contributed by atoms with van der Waals surface area (Å²) >= 11 is 5.34. The number of nitrogens with zero attached hydrogens (tertiary/aromatic N) is 5. The SMILES string of the molecule is CN1C(=O)[C@]2(CC(C)(C)C)O[C@@H](n3cnc4c(N)ncnc43)C1C2OP(O)(=S)OC(C)(C)C. The minimum absolute atomic E-state index is 0.229. The number of amides is 1.